The van der Waals surface area contributed by atoms with Crippen molar-refractivity contribution in [2.75, 3.05) is 6.54 Å². The second-order valence-corrected chi connectivity index (χ2v) is 6.45. The fraction of sp³-hybridized carbons (Fsp3) is 0.588. The van der Waals surface area contributed by atoms with Gasteiger partial charge in [-0.25, -0.2) is 8.78 Å². The van der Waals surface area contributed by atoms with Gasteiger partial charge in [0.05, 0.1) is 6.10 Å². The molecule has 3 atom stereocenters. The number of nitrogens with one attached hydrogen (secondary N) is 1. The average molecular weight is 309 g/mol. The highest BCUT2D eigenvalue weighted by molar-refractivity contribution is 5.82. The standard InChI is InChI=1S/C17H21F2NO2/c18-14-7-3-6-11(16(14)19)12-8-13(12)17(22)20-9-15(21)10-4-1-2-5-10/h3,6-7,10,12-13,15,21H,1-2,4-5,8-9H2,(H,20,22). The molecule has 1 aromatic carbocycles. The van der Waals surface area contributed by atoms with Crippen LogP contribution in [0.3, 0.4) is 0 Å². The molecule has 3 rings (SSSR count). The molecular weight excluding hydrogens is 288 g/mol. The van der Waals surface area contributed by atoms with Gasteiger partial charge in [0.25, 0.3) is 0 Å². The number of aliphatic hydroxyl groups excluding tert-OH is 1. The van der Waals surface area contributed by atoms with Gasteiger partial charge in [0, 0.05) is 12.5 Å². The first-order valence-corrected chi connectivity index (χ1v) is 7.97. The molecule has 0 aromatic heterocycles. The Kier molecular flexibility index (Phi) is 4.43. The monoisotopic (exact) mass is 309 g/mol. The van der Waals surface area contributed by atoms with Crippen LogP contribution in [0.4, 0.5) is 8.78 Å². The van der Waals surface area contributed by atoms with Crippen LogP contribution in [0.5, 0.6) is 0 Å². The van der Waals surface area contributed by atoms with E-state index < -0.39 is 17.7 Å². The van der Waals surface area contributed by atoms with Crippen molar-refractivity contribution >= 4 is 5.91 Å². The van der Waals surface area contributed by atoms with E-state index in [0.717, 1.165) is 31.7 Å². The smallest absolute Gasteiger partial charge is 0.223 e. The van der Waals surface area contributed by atoms with E-state index in [1.165, 1.54) is 12.1 Å². The third-order valence-electron chi connectivity index (χ3n) is 4.94. The molecule has 0 bridgehead atoms. The van der Waals surface area contributed by atoms with Crippen LogP contribution in [0.1, 0.15) is 43.6 Å². The summed E-state index contributed by atoms with van der Waals surface area (Å²) in [7, 11) is 0. The number of benzene rings is 1. The predicted molar refractivity (Wildman–Crippen MR) is 78.2 cm³/mol. The van der Waals surface area contributed by atoms with Crippen LogP contribution in [0.15, 0.2) is 18.2 Å². The summed E-state index contributed by atoms with van der Waals surface area (Å²) >= 11 is 0. The SMILES string of the molecule is O=C(NCC(O)C1CCCC1)C1CC1c1cccc(F)c1F. The van der Waals surface area contributed by atoms with Gasteiger partial charge < -0.3 is 10.4 Å². The van der Waals surface area contributed by atoms with Gasteiger partial charge in [0.2, 0.25) is 5.91 Å². The van der Waals surface area contributed by atoms with Gasteiger partial charge in [-0.15, -0.1) is 0 Å². The van der Waals surface area contributed by atoms with Crippen LogP contribution in [0.2, 0.25) is 0 Å². The second kappa shape index (κ2) is 6.32. The van der Waals surface area contributed by atoms with E-state index in [4.69, 9.17) is 0 Å². The average Bonchev–Trinajstić information content (AvgIpc) is 3.10. The van der Waals surface area contributed by atoms with Crippen molar-refractivity contribution in [2.24, 2.45) is 11.8 Å². The molecule has 5 heteroatoms. The van der Waals surface area contributed by atoms with Crippen LogP contribution < -0.4 is 5.32 Å². The van der Waals surface area contributed by atoms with Gasteiger partial charge in [0.15, 0.2) is 11.6 Å². The van der Waals surface area contributed by atoms with Gasteiger partial charge >= 0.3 is 0 Å². The van der Waals surface area contributed by atoms with E-state index in [9.17, 15) is 18.7 Å². The van der Waals surface area contributed by atoms with Gasteiger partial charge in [-0.1, -0.05) is 25.0 Å². The first-order chi connectivity index (χ1) is 10.6. The number of carbonyl (C=O) groups excluding carboxylic acids is 1. The Labute approximate surface area is 128 Å². The lowest BCUT2D eigenvalue weighted by Gasteiger charge is -2.18. The van der Waals surface area contributed by atoms with Crippen molar-refractivity contribution in [3.05, 3.63) is 35.4 Å². The van der Waals surface area contributed by atoms with E-state index in [1.807, 2.05) is 0 Å². The summed E-state index contributed by atoms with van der Waals surface area (Å²) < 4.78 is 26.9. The van der Waals surface area contributed by atoms with Gasteiger partial charge in [-0.3, -0.25) is 4.79 Å². The fourth-order valence-corrected chi connectivity index (χ4v) is 3.48. The summed E-state index contributed by atoms with van der Waals surface area (Å²) in [5, 5.41) is 12.8. The second-order valence-electron chi connectivity index (χ2n) is 6.45. The summed E-state index contributed by atoms with van der Waals surface area (Å²) in [6, 6.07) is 4.07. The van der Waals surface area contributed by atoms with Crippen molar-refractivity contribution in [3.8, 4) is 0 Å². The Morgan fingerprint density at radius 1 is 1.32 bits per heavy atom. The van der Waals surface area contributed by atoms with Crippen LogP contribution in [0, 0.1) is 23.5 Å². The Morgan fingerprint density at radius 3 is 2.77 bits per heavy atom. The molecule has 0 aliphatic heterocycles. The molecule has 22 heavy (non-hydrogen) atoms. The zero-order valence-electron chi connectivity index (χ0n) is 12.4. The highest BCUT2D eigenvalue weighted by Crippen LogP contribution is 2.48. The summed E-state index contributed by atoms with van der Waals surface area (Å²) in [6.45, 7) is 0.248. The first-order valence-electron chi connectivity index (χ1n) is 7.97. The maximum Gasteiger partial charge on any atom is 0.223 e. The molecule has 0 saturated heterocycles. The van der Waals surface area contributed by atoms with Gasteiger partial charge in [-0.2, -0.15) is 0 Å². The van der Waals surface area contributed by atoms with E-state index in [2.05, 4.69) is 5.32 Å². The molecule has 0 radical (unpaired) electrons. The Bertz CT molecular complexity index is 558. The van der Waals surface area contributed by atoms with Crippen molar-refractivity contribution in [2.45, 2.75) is 44.1 Å². The Hall–Kier alpha value is -1.49. The third-order valence-corrected chi connectivity index (χ3v) is 4.94. The molecule has 3 nitrogen and oxygen atoms in total. The van der Waals surface area contributed by atoms with Gasteiger partial charge in [-0.05, 0) is 42.7 Å². The molecule has 0 heterocycles. The molecule has 2 fully saturated rings. The van der Waals surface area contributed by atoms with Crippen molar-refractivity contribution < 1.29 is 18.7 Å². The molecule has 2 saturated carbocycles. The van der Waals surface area contributed by atoms with Crippen molar-refractivity contribution in [1.82, 2.24) is 5.32 Å². The normalized spacial score (nSPS) is 26.0. The summed E-state index contributed by atoms with van der Waals surface area (Å²) in [5.41, 5.74) is 0.275. The number of rotatable bonds is 5. The minimum absolute atomic E-state index is 0.175. The Morgan fingerprint density at radius 2 is 2.05 bits per heavy atom. The number of halogens is 2. The predicted octanol–water partition coefficient (Wildman–Crippen LogP) is 2.74. The summed E-state index contributed by atoms with van der Waals surface area (Å²) in [6.07, 6.45) is 4.33. The van der Waals surface area contributed by atoms with Crippen LogP contribution in [-0.4, -0.2) is 23.7 Å². The topological polar surface area (TPSA) is 49.3 Å². The lowest BCUT2D eigenvalue weighted by Crippen LogP contribution is -2.36. The molecule has 1 amide bonds. The molecule has 2 aliphatic carbocycles. The minimum atomic E-state index is -0.875. The van der Waals surface area contributed by atoms with E-state index >= 15 is 0 Å². The zero-order valence-corrected chi connectivity index (χ0v) is 12.4. The minimum Gasteiger partial charge on any atom is -0.391 e. The zero-order chi connectivity index (χ0) is 15.7. The third kappa shape index (κ3) is 3.14. The van der Waals surface area contributed by atoms with E-state index in [1.54, 1.807) is 0 Å². The van der Waals surface area contributed by atoms with E-state index in [0.29, 0.717) is 6.42 Å². The lowest BCUT2D eigenvalue weighted by molar-refractivity contribution is -0.123. The van der Waals surface area contributed by atoms with E-state index in [-0.39, 0.29) is 35.8 Å². The lowest BCUT2D eigenvalue weighted by atomic mass is 10.0. The first kappa shape index (κ1) is 15.4. The maximum absolute atomic E-state index is 13.7. The molecule has 120 valence electrons. The number of hydrogen-bond acceptors (Lipinski definition) is 2. The molecule has 2 aliphatic rings. The molecular formula is C17H21F2NO2. The fourth-order valence-electron chi connectivity index (χ4n) is 3.48. The highest BCUT2D eigenvalue weighted by Gasteiger charge is 2.45. The van der Waals surface area contributed by atoms with Crippen LogP contribution >= 0.6 is 0 Å². The quantitative estimate of drug-likeness (QED) is 0.878. The summed E-state index contributed by atoms with van der Waals surface area (Å²) in [5.74, 6) is -2.19. The highest BCUT2D eigenvalue weighted by atomic mass is 19.2. The number of hydrogen-bond donors (Lipinski definition) is 2. The molecule has 2 N–H and O–H groups in total. The molecule has 0 spiro atoms. The molecule has 3 unspecified atom stereocenters. The number of amides is 1. The Balaban J connectivity index is 1.51. The van der Waals surface area contributed by atoms with Crippen LogP contribution in [-0.2, 0) is 4.79 Å². The van der Waals surface area contributed by atoms with Crippen molar-refractivity contribution in [3.63, 3.8) is 0 Å². The van der Waals surface area contributed by atoms with Crippen LogP contribution in [0.25, 0.3) is 0 Å². The number of carbonyl (C=O) groups is 1. The maximum atomic E-state index is 13.7. The molecule has 1 aromatic rings. The number of aliphatic hydroxyl groups is 1. The van der Waals surface area contributed by atoms with Gasteiger partial charge in [0.1, 0.15) is 0 Å². The van der Waals surface area contributed by atoms with Crippen molar-refractivity contribution in [1.29, 1.82) is 0 Å². The largest absolute Gasteiger partial charge is 0.391 e. The summed E-state index contributed by atoms with van der Waals surface area (Å²) in [4.78, 5) is 12.1.